The van der Waals surface area contributed by atoms with Crippen molar-refractivity contribution in [3.63, 3.8) is 0 Å². The summed E-state index contributed by atoms with van der Waals surface area (Å²) in [5.74, 6) is 1.42. The van der Waals surface area contributed by atoms with Crippen LogP contribution in [0.15, 0.2) is 42.2 Å². The summed E-state index contributed by atoms with van der Waals surface area (Å²) in [6, 6.07) is 7.60. The van der Waals surface area contributed by atoms with Crippen molar-refractivity contribution in [2.24, 2.45) is 0 Å². The topological polar surface area (TPSA) is 51.7 Å². The van der Waals surface area contributed by atoms with Gasteiger partial charge in [-0.1, -0.05) is 6.42 Å². The molecule has 0 spiro atoms. The van der Waals surface area contributed by atoms with E-state index >= 15 is 0 Å². The molecule has 29 heavy (non-hydrogen) atoms. The van der Waals surface area contributed by atoms with Crippen LogP contribution in [0.4, 0.5) is 0 Å². The number of pyridine rings is 1. The second-order valence-corrected chi connectivity index (χ2v) is 7.72. The number of likely N-dealkylation sites (tertiary alicyclic amines) is 1. The van der Waals surface area contributed by atoms with Crippen LogP contribution in [0.5, 0.6) is 11.5 Å². The van der Waals surface area contributed by atoms with Crippen LogP contribution in [0, 0.1) is 0 Å². The minimum Gasteiger partial charge on any atom is -0.493 e. The Morgan fingerprint density at radius 2 is 1.90 bits per heavy atom. The summed E-state index contributed by atoms with van der Waals surface area (Å²) in [6.45, 7) is 4.08. The zero-order valence-corrected chi connectivity index (χ0v) is 17.0. The maximum atomic E-state index is 12.9. The summed E-state index contributed by atoms with van der Waals surface area (Å²) in [5.41, 5.74) is 3.48. The number of aromatic nitrogens is 1. The third kappa shape index (κ3) is 4.67. The molecule has 0 bridgehead atoms. The fourth-order valence-electron chi connectivity index (χ4n) is 4.12. The Hall–Kier alpha value is -2.66. The van der Waals surface area contributed by atoms with Crippen LogP contribution in [0.25, 0.3) is 6.08 Å². The molecular weight excluding hydrogens is 364 g/mol. The standard InChI is InChI=1S/C24H28N2O3/c1-28-22-16-19-15-20(14-18-6-8-25-9-7-18)24(27)21(19)17-23(22)29-13-5-12-26-10-3-2-4-11-26/h6-9,14,16-17H,2-5,10-13,15H2,1H3/b20-14-. The minimum atomic E-state index is 0.0673. The van der Waals surface area contributed by atoms with Gasteiger partial charge in [-0.3, -0.25) is 9.78 Å². The summed E-state index contributed by atoms with van der Waals surface area (Å²) < 4.78 is 11.5. The van der Waals surface area contributed by atoms with Crippen LogP contribution in [0.2, 0.25) is 0 Å². The normalized spacial score (nSPS) is 18.1. The monoisotopic (exact) mass is 392 g/mol. The molecular formula is C24H28N2O3. The van der Waals surface area contributed by atoms with Crippen LogP contribution >= 0.6 is 0 Å². The summed E-state index contributed by atoms with van der Waals surface area (Å²) in [4.78, 5) is 19.4. The lowest BCUT2D eigenvalue weighted by Gasteiger charge is -2.26. The van der Waals surface area contributed by atoms with E-state index in [9.17, 15) is 4.79 Å². The summed E-state index contributed by atoms with van der Waals surface area (Å²) in [6.07, 6.45) is 11.0. The highest BCUT2D eigenvalue weighted by Crippen LogP contribution is 2.37. The molecule has 0 amide bonds. The molecule has 0 unspecified atom stereocenters. The van der Waals surface area contributed by atoms with Crippen molar-refractivity contribution in [2.45, 2.75) is 32.1 Å². The average molecular weight is 392 g/mol. The molecule has 0 radical (unpaired) electrons. The highest BCUT2D eigenvalue weighted by atomic mass is 16.5. The molecule has 1 aromatic carbocycles. The molecule has 152 valence electrons. The van der Waals surface area contributed by atoms with Crippen LogP contribution in [0.1, 0.15) is 47.2 Å². The van der Waals surface area contributed by atoms with Crippen LogP contribution < -0.4 is 9.47 Å². The highest BCUT2D eigenvalue weighted by Gasteiger charge is 2.27. The third-order valence-electron chi connectivity index (χ3n) is 5.68. The van der Waals surface area contributed by atoms with Gasteiger partial charge in [0.25, 0.3) is 0 Å². The molecule has 1 aliphatic heterocycles. The van der Waals surface area contributed by atoms with E-state index in [0.717, 1.165) is 35.2 Å². The molecule has 0 saturated carbocycles. The van der Waals surface area contributed by atoms with Crippen molar-refractivity contribution < 1.29 is 14.3 Å². The summed E-state index contributed by atoms with van der Waals surface area (Å²) in [5, 5.41) is 0. The van der Waals surface area contributed by atoms with E-state index < -0.39 is 0 Å². The number of hydrogen-bond donors (Lipinski definition) is 0. The molecule has 2 heterocycles. The Labute approximate surface area is 172 Å². The van der Waals surface area contributed by atoms with Gasteiger partial charge in [0.15, 0.2) is 17.3 Å². The Morgan fingerprint density at radius 1 is 1.10 bits per heavy atom. The molecule has 2 aromatic rings. The number of Topliss-reactive ketones (excluding diaryl/α,β-unsaturated/α-hetero) is 1. The molecule has 5 heteroatoms. The average Bonchev–Trinajstić information content (AvgIpc) is 3.06. The van der Waals surface area contributed by atoms with Gasteiger partial charge in [-0.2, -0.15) is 0 Å². The lowest BCUT2D eigenvalue weighted by Crippen LogP contribution is -2.31. The lowest BCUT2D eigenvalue weighted by atomic mass is 10.1. The van der Waals surface area contributed by atoms with Crippen molar-refractivity contribution in [3.05, 3.63) is 58.9 Å². The molecule has 2 aliphatic rings. The number of nitrogens with zero attached hydrogens (tertiary/aromatic N) is 2. The molecule has 0 N–H and O–H groups in total. The molecule has 5 nitrogen and oxygen atoms in total. The van der Waals surface area contributed by atoms with Gasteiger partial charge < -0.3 is 14.4 Å². The zero-order chi connectivity index (χ0) is 20.1. The fourth-order valence-corrected chi connectivity index (χ4v) is 4.12. The van der Waals surface area contributed by atoms with E-state index in [4.69, 9.17) is 9.47 Å². The van der Waals surface area contributed by atoms with Crippen molar-refractivity contribution >= 4 is 11.9 Å². The van der Waals surface area contributed by atoms with Crippen LogP contribution in [-0.2, 0) is 6.42 Å². The van der Waals surface area contributed by atoms with E-state index in [2.05, 4.69) is 9.88 Å². The van der Waals surface area contributed by atoms with Gasteiger partial charge >= 0.3 is 0 Å². The number of allylic oxidation sites excluding steroid dienone is 1. The predicted octanol–water partition coefficient (Wildman–Crippen LogP) is 4.17. The first-order valence-electron chi connectivity index (χ1n) is 10.5. The number of hydrogen-bond acceptors (Lipinski definition) is 5. The van der Waals surface area contributed by atoms with Crippen molar-refractivity contribution in [2.75, 3.05) is 33.4 Å². The van der Waals surface area contributed by atoms with E-state index in [1.807, 2.05) is 30.3 Å². The second-order valence-electron chi connectivity index (χ2n) is 7.72. The largest absolute Gasteiger partial charge is 0.493 e. The number of methoxy groups -OCH3 is 1. The fraction of sp³-hybridized carbons (Fsp3) is 0.417. The number of benzene rings is 1. The van der Waals surface area contributed by atoms with Crippen LogP contribution in [0.3, 0.4) is 0 Å². The SMILES string of the molecule is COc1cc2c(cc1OCCCN1CCCCC1)C(=O)/C(=C\c1ccncc1)C2. The smallest absolute Gasteiger partial charge is 0.189 e. The lowest BCUT2D eigenvalue weighted by molar-refractivity contribution is 0.104. The molecule has 1 fully saturated rings. The number of rotatable bonds is 7. The highest BCUT2D eigenvalue weighted by molar-refractivity contribution is 6.15. The Bertz CT molecular complexity index is 886. The first kappa shape index (κ1) is 19.6. The van der Waals surface area contributed by atoms with Gasteiger partial charge in [0.1, 0.15) is 0 Å². The van der Waals surface area contributed by atoms with E-state index in [1.54, 1.807) is 19.5 Å². The quantitative estimate of drug-likeness (QED) is 0.523. The third-order valence-corrected chi connectivity index (χ3v) is 5.68. The van der Waals surface area contributed by atoms with E-state index in [0.29, 0.717) is 24.5 Å². The Kier molecular flexibility index (Phi) is 6.25. The predicted molar refractivity (Wildman–Crippen MR) is 114 cm³/mol. The number of carbonyl (C=O) groups is 1. The molecule has 4 rings (SSSR count). The zero-order valence-electron chi connectivity index (χ0n) is 17.0. The Morgan fingerprint density at radius 3 is 2.66 bits per heavy atom. The van der Waals surface area contributed by atoms with Gasteiger partial charge in [0.05, 0.1) is 13.7 Å². The maximum Gasteiger partial charge on any atom is 0.189 e. The van der Waals surface area contributed by atoms with Crippen LogP contribution in [-0.4, -0.2) is 49.0 Å². The van der Waals surface area contributed by atoms with Gasteiger partial charge in [-0.15, -0.1) is 0 Å². The maximum absolute atomic E-state index is 12.9. The number of carbonyl (C=O) groups excluding carboxylic acids is 1. The van der Waals surface area contributed by atoms with E-state index in [1.165, 1.54) is 32.4 Å². The molecule has 1 aromatic heterocycles. The molecule has 1 aliphatic carbocycles. The van der Waals surface area contributed by atoms with Gasteiger partial charge in [0, 0.05) is 36.5 Å². The summed E-state index contributed by atoms with van der Waals surface area (Å²) >= 11 is 0. The molecule has 0 atom stereocenters. The minimum absolute atomic E-state index is 0.0673. The number of ketones is 1. The van der Waals surface area contributed by atoms with Gasteiger partial charge in [-0.25, -0.2) is 0 Å². The number of ether oxygens (including phenoxy) is 2. The first-order chi connectivity index (χ1) is 14.2. The first-order valence-corrected chi connectivity index (χ1v) is 10.5. The van der Waals surface area contributed by atoms with Gasteiger partial charge in [0.2, 0.25) is 0 Å². The van der Waals surface area contributed by atoms with Crippen molar-refractivity contribution in [3.8, 4) is 11.5 Å². The number of fused-ring (bicyclic) bond motifs is 1. The van der Waals surface area contributed by atoms with Crippen molar-refractivity contribution in [1.82, 2.24) is 9.88 Å². The molecule has 1 saturated heterocycles. The summed E-state index contributed by atoms with van der Waals surface area (Å²) in [7, 11) is 1.65. The second kappa shape index (κ2) is 9.23. The van der Waals surface area contributed by atoms with Crippen molar-refractivity contribution in [1.29, 1.82) is 0 Å². The van der Waals surface area contributed by atoms with Gasteiger partial charge in [-0.05, 0) is 73.8 Å². The number of piperidine rings is 1. The Balaban J connectivity index is 1.43. The van der Waals surface area contributed by atoms with E-state index in [-0.39, 0.29) is 5.78 Å².